The van der Waals surface area contributed by atoms with Crippen molar-refractivity contribution in [3.05, 3.63) is 70.2 Å². The van der Waals surface area contributed by atoms with Gasteiger partial charge in [-0.3, -0.25) is 9.52 Å². The summed E-state index contributed by atoms with van der Waals surface area (Å²) >= 11 is 2.64. The molecule has 3 rings (SSSR count). The molecule has 7 nitrogen and oxygen atoms in total. The molecule has 37 heavy (non-hydrogen) atoms. The van der Waals surface area contributed by atoms with Crippen LogP contribution in [0.15, 0.2) is 48.5 Å². The fourth-order valence-electron chi connectivity index (χ4n) is 3.26. The van der Waals surface area contributed by atoms with Crippen LogP contribution in [0.2, 0.25) is 0 Å². The third-order valence-corrected chi connectivity index (χ3v) is 6.86. The lowest BCUT2D eigenvalue weighted by Gasteiger charge is -2.22. The molecule has 1 aromatic heterocycles. The molecule has 1 amide bonds. The number of nitriles is 1. The maximum Gasteiger partial charge on any atom is 0.573 e. The van der Waals surface area contributed by atoms with Crippen LogP contribution in [-0.4, -0.2) is 36.7 Å². The van der Waals surface area contributed by atoms with Crippen LogP contribution < -0.4 is 14.4 Å². The van der Waals surface area contributed by atoms with Gasteiger partial charge >= 0.3 is 6.36 Å². The Balaban J connectivity index is 1.80. The number of aryl methyl sites for hydroxylation is 1. The Morgan fingerprint density at radius 1 is 1.16 bits per heavy atom. The van der Waals surface area contributed by atoms with Crippen molar-refractivity contribution < 1.29 is 27.4 Å². The molecule has 0 aliphatic heterocycles. The number of rotatable bonds is 12. The van der Waals surface area contributed by atoms with Gasteiger partial charge in [0.25, 0.3) is 5.91 Å². The van der Waals surface area contributed by atoms with E-state index in [2.05, 4.69) is 20.5 Å². The van der Waals surface area contributed by atoms with Crippen molar-refractivity contribution in [2.24, 2.45) is 0 Å². The Morgan fingerprint density at radius 2 is 1.86 bits per heavy atom. The van der Waals surface area contributed by atoms with Gasteiger partial charge in [0.15, 0.2) is 5.13 Å². The zero-order valence-electron chi connectivity index (χ0n) is 20.2. The highest BCUT2D eigenvalue weighted by Gasteiger charge is 2.31. The van der Waals surface area contributed by atoms with Crippen LogP contribution in [0, 0.1) is 18.3 Å². The molecule has 0 fully saturated rings. The topological polar surface area (TPSA) is 87.5 Å². The van der Waals surface area contributed by atoms with Crippen LogP contribution in [0.25, 0.3) is 0 Å². The number of carbonyl (C=O) groups excluding carboxylic acids is 1. The third kappa shape index (κ3) is 8.66. The first-order chi connectivity index (χ1) is 17.7. The maximum atomic E-state index is 12.7. The number of thiazole rings is 1. The number of benzene rings is 2. The number of amides is 1. The van der Waals surface area contributed by atoms with E-state index in [9.17, 15) is 18.0 Å². The van der Waals surface area contributed by atoms with Gasteiger partial charge in [-0.25, -0.2) is 4.98 Å². The molecule has 0 aliphatic rings. The Morgan fingerprint density at radius 3 is 2.49 bits per heavy atom. The SMILES string of the molecule is COCCCCSNC(=O)c1nc(N(Cc2ccc(OC(F)(F)F)cc2)c2ccc(C#N)cc2)sc1C. The van der Waals surface area contributed by atoms with Crippen LogP contribution in [0.4, 0.5) is 24.0 Å². The van der Waals surface area contributed by atoms with Gasteiger partial charge in [-0.05, 0) is 61.7 Å². The molecule has 1 heterocycles. The molecule has 2 aromatic carbocycles. The number of methoxy groups -OCH3 is 1. The Bertz CT molecular complexity index is 1210. The standard InChI is InChI=1S/C25H25F3N4O3S2/c1-17-22(23(33)31-36-14-4-3-13-34-2)30-24(37-17)32(20-9-5-18(15-29)6-10-20)16-19-7-11-21(12-8-19)35-25(26,27)28/h5-12H,3-4,13-14,16H2,1-2H3,(H,31,33). The molecule has 0 bridgehead atoms. The molecule has 0 saturated heterocycles. The molecule has 0 atom stereocenters. The second-order valence-corrected chi connectivity index (χ2v) is 9.90. The van der Waals surface area contributed by atoms with Crippen molar-refractivity contribution in [3.8, 4) is 11.8 Å². The van der Waals surface area contributed by atoms with Crippen molar-refractivity contribution in [1.82, 2.24) is 9.71 Å². The zero-order chi connectivity index (χ0) is 26.8. The minimum atomic E-state index is -4.77. The first-order valence-electron chi connectivity index (χ1n) is 11.2. The molecule has 0 unspecified atom stereocenters. The van der Waals surface area contributed by atoms with E-state index in [-0.39, 0.29) is 18.2 Å². The van der Waals surface area contributed by atoms with Gasteiger partial charge < -0.3 is 14.4 Å². The predicted octanol–water partition coefficient (Wildman–Crippen LogP) is 6.36. The lowest BCUT2D eigenvalue weighted by Crippen LogP contribution is -2.20. The summed E-state index contributed by atoms with van der Waals surface area (Å²) in [6, 6.07) is 14.5. The summed E-state index contributed by atoms with van der Waals surface area (Å²) in [5.41, 5.74) is 2.19. The highest BCUT2D eigenvalue weighted by molar-refractivity contribution is 7.97. The predicted molar refractivity (Wildman–Crippen MR) is 138 cm³/mol. The fourth-order valence-corrected chi connectivity index (χ4v) is 4.86. The number of ether oxygens (including phenoxy) is 2. The van der Waals surface area contributed by atoms with E-state index >= 15 is 0 Å². The molecule has 12 heteroatoms. The number of alkyl halides is 3. The van der Waals surface area contributed by atoms with Gasteiger partial charge in [0.1, 0.15) is 11.4 Å². The molecule has 0 spiro atoms. The smallest absolute Gasteiger partial charge is 0.406 e. The fraction of sp³-hybridized carbons (Fsp3) is 0.320. The molecule has 3 aromatic rings. The van der Waals surface area contributed by atoms with Crippen molar-refractivity contribution in [3.63, 3.8) is 0 Å². The van der Waals surface area contributed by atoms with Crippen LogP contribution in [0.3, 0.4) is 0 Å². The summed E-state index contributed by atoms with van der Waals surface area (Å²) in [7, 11) is 1.65. The van der Waals surface area contributed by atoms with E-state index in [1.54, 1.807) is 38.3 Å². The second-order valence-electron chi connectivity index (χ2n) is 7.82. The monoisotopic (exact) mass is 550 g/mol. The van der Waals surface area contributed by atoms with Gasteiger partial charge in [-0.1, -0.05) is 24.1 Å². The number of unbranched alkanes of at least 4 members (excludes halogenated alkanes) is 1. The average molecular weight is 551 g/mol. The van der Waals surface area contributed by atoms with E-state index in [0.29, 0.717) is 34.2 Å². The van der Waals surface area contributed by atoms with Crippen LogP contribution in [-0.2, 0) is 11.3 Å². The first-order valence-corrected chi connectivity index (χ1v) is 13.0. The van der Waals surface area contributed by atoms with Crippen LogP contribution in [0.5, 0.6) is 5.75 Å². The lowest BCUT2D eigenvalue weighted by molar-refractivity contribution is -0.274. The molecule has 0 aliphatic carbocycles. The number of nitrogens with zero attached hydrogens (tertiary/aromatic N) is 3. The first kappa shape index (κ1) is 28.3. The number of nitrogens with one attached hydrogen (secondary N) is 1. The van der Waals surface area contributed by atoms with Crippen molar-refractivity contribution in [2.75, 3.05) is 24.4 Å². The highest BCUT2D eigenvalue weighted by Crippen LogP contribution is 2.34. The Hall–Kier alpha value is -3.27. The third-order valence-electron chi connectivity index (χ3n) is 5.05. The molecular weight excluding hydrogens is 525 g/mol. The van der Waals surface area contributed by atoms with Crippen molar-refractivity contribution >= 4 is 40.0 Å². The van der Waals surface area contributed by atoms with E-state index in [1.165, 1.54) is 47.6 Å². The highest BCUT2D eigenvalue weighted by atomic mass is 32.2. The van der Waals surface area contributed by atoms with E-state index < -0.39 is 6.36 Å². The average Bonchev–Trinajstić information content (AvgIpc) is 3.26. The Kier molecular flexibility index (Phi) is 10.2. The zero-order valence-corrected chi connectivity index (χ0v) is 21.8. The normalized spacial score (nSPS) is 11.1. The summed E-state index contributed by atoms with van der Waals surface area (Å²) in [5, 5.41) is 9.67. The number of halogens is 3. The Labute approximate surface area is 221 Å². The van der Waals surface area contributed by atoms with Gasteiger partial charge in [0, 0.05) is 30.0 Å². The molecule has 0 radical (unpaired) electrons. The van der Waals surface area contributed by atoms with Gasteiger partial charge in [-0.2, -0.15) is 5.26 Å². The van der Waals surface area contributed by atoms with E-state index in [4.69, 9.17) is 10.00 Å². The largest absolute Gasteiger partial charge is 0.573 e. The van der Waals surface area contributed by atoms with Gasteiger partial charge in [0.05, 0.1) is 18.2 Å². The lowest BCUT2D eigenvalue weighted by atomic mass is 10.1. The maximum absolute atomic E-state index is 12.7. The number of aromatic nitrogens is 1. The summed E-state index contributed by atoms with van der Waals surface area (Å²) in [6.45, 7) is 2.74. The van der Waals surface area contributed by atoms with Crippen LogP contribution in [0.1, 0.15) is 39.3 Å². The summed E-state index contributed by atoms with van der Waals surface area (Å²) in [4.78, 5) is 19.9. The van der Waals surface area contributed by atoms with Crippen molar-refractivity contribution in [2.45, 2.75) is 32.7 Å². The van der Waals surface area contributed by atoms with E-state index in [1.807, 2.05) is 4.90 Å². The molecule has 196 valence electrons. The summed E-state index contributed by atoms with van der Waals surface area (Å²) in [5.74, 6) is 0.131. The number of hydrogen-bond acceptors (Lipinski definition) is 8. The van der Waals surface area contributed by atoms with Gasteiger partial charge in [-0.15, -0.1) is 24.5 Å². The minimum absolute atomic E-state index is 0.264. The van der Waals surface area contributed by atoms with Crippen LogP contribution >= 0.6 is 23.3 Å². The molecule has 0 saturated carbocycles. The summed E-state index contributed by atoms with van der Waals surface area (Å²) < 4.78 is 49.3. The second kappa shape index (κ2) is 13.3. The minimum Gasteiger partial charge on any atom is -0.406 e. The quantitative estimate of drug-likeness (QED) is 0.207. The van der Waals surface area contributed by atoms with Gasteiger partial charge in [0.2, 0.25) is 0 Å². The molecular formula is C25H25F3N4O3S2. The van der Waals surface area contributed by atoms with Crippen molar-refractivity contribution in [1.29, 1.82) is 5.26 Å². The number of hydrogen-bond donors (Lipinski definition) is 1. The number of carbonyl (C=O) groups is 1. The molecule has 1 N–H and O–H groups in total. The number of anilines is 2. The summed E-state index contributed by atoms with van der Waals surface area (Å²) in [6.07, 6.45) is -2.96. The van der Waals surface area contributed by atoms with E-state index in [0.717, 1.165) is 23.5 Å².